The average Bonchev–Trinajstić information content (AvgIpc) is 2.63. The summed E-state index contributed by atoms with van der Waals surface area (Å²) in [6.45, 7) is 6.81. The molecule has 0 aliphatic heterocycles. The van der Waals surface area contributed by atoms with Gasteiger partial charge in [0, 0.05) is 24.1 Å². The minimum Gasteiger partial charge on any atom is -0.382 e. The van der Waals surface area contributed by atoms with Crippen LogP contribution in [0, 0.1) is 18.8 Å². The number of nitrogens with zero attached hydrogens (tertiary/aromatic N) is 1. The molecule has 0 bridgehead atoms. The molecule has 0 saturated heterocycles. The van der Waals surface area contributed by atoms with Crippen LogP contribution in [0.15, 0.2) is 18.5 Å². The smallest absolute Gasteiger partial charge is 0.0403 e. The van der Waals surface area contributed by atoms with E-state index in [2.05, 4.69) is 37.1 Å². The predicted molar refractivity (Wildman–Crippen MR) is 68.6 cm³/mol. The fraction of sp³-hybridized carbons (Fsp3) is 0.643. The van der Waals surface area contributed by atoms with Gasteiger partial charge in [0.1, 0.15) is 0 Å². The monoisotopic (exact) mass is 218 g/mol. The molecule has 0 radical (unpaired) electrons. The molecule has 0 aromatic carbocycles. The molecule has 0 amide bonds. The normalized spacial score (nSPS) is 29.3. The quantitative estimate of drug-likeness (QED) is 0.838. The summed E-state index contributed by atoms with van der Waals surface area (Å²) in [7, 11) is 0. The summed E-state index contributed by atoms with van der Waals surface area (Å²) >= 11 is 0. The minimum atomic E-state index is 0.644. The van der Waals surface area contributed by atoms with Gasteiger partial charge in [0.05, 0.1) is 0 Å². The molecule has 88 valence electrons. The summed E-state index contributed by atoms with van der Waals surface area (Å²) in [6.07, 6.45) is 7.79. The molecule has 1 aliphatic carbocycles. The topological polar surface area (TPSA) is 24.9 Å². The first kappa shape index (κ1) is 11.4. The van der Waals surface area contributed by atoms with Crippen molar-refractivity contribution >= 4 is 5.69 Å². The number of aromatic nitrogens is 1. The Bertz CT molecular complexity index is 348. The van der Waals surface area contributed by atoms with Crippen molar-refractivity contribution in [2.45, 2.75) is 46.1 Å². The second kappa shape index (κ2) is 4.86. The maximum atomic E-state index is 4.13. The third kappa shape index (κ3) is 2.21. The van der Waals surface area contributed by atoms with Crippen LogP contribution in [-0.2, 0) is 0 Å². The summed E-state index contributed by atoms with van der Waals surface area (Å²) in [5.74, 6) is 1.69. The van der Waals surface area contributed by atoms with E-state index < -0.39 is 0 Å². The number of aryl methyl sites for hydroxylation is 1. The van der Waals surface area contributed by atoms with E-state index in [0.717, 1.165) is 11.8 Å². The van der Waals surface area contributed by atoms with Crippen LogP contribution in [-0.4, -0.2) is 11.0 Å². The molecule has 1 aromatic rings. The van der Waals surface area contributed by atoms with E-state index in [-0.39, 0.29) is 0 Å². The van der Waals surface area contributed by atoms with Gasteiger partial charge < -0.3 is 5.32 Å². The Hall–Kier alpha value is -1.05. The first-order chi connectivity index (χ1) is 7.72. The zero-order valence-electron chi connectivity index (χ0n) is 10.5. The molecule has 16 heavy (non-hydrogen) atoms. The lowest BCUT2D eigenvalue weighted by molar-refractivity contribution is 0.392. The summed E-state index contributed by atoms with van der Waals surface area (Å²) in [4.78, 5) is 4.13. The van der Waals surface area contributed by atoms with E-state index in [9.17, 15) is 0 Å². The number of anilines is 1. The fourth-order valence-corrected chi connectivity index (χ4v) is 2.86. The molecule has 3 unspecified atom stereocenters. The van der Waals surface area contributed by atoms with E-state index in [1.165, 1.54) is 30.5 Å². The standard InChI is InChI=1S/C14H22N2/c1-4-12-5-6-14(11(12)3)16-13-7-8-15-9-10(13)2/h7-9,11-12,14H,4-6H2,1-3H3,(H,15,16). The minimum absolute atomic E-state index is 0.644. The summed E-state index contributed by atoms with van der Waals surface area (Å²) in [6, 6.07) is 2.73. The maximum absolute atomic E-state index is 4.13. The third-order valence-corrected chi connectivity index (χ3v) is 4.11. The molecule has 1 N–H and O–H groups in total. The first-order valence-electron chi connectivity index (χ1n) is 6.39. The molecular formula is C14H22N2. The highest BCUT2D eigenvalue weighted by molar-refractivity contribution is 5.49. The van der Waals surface area contributed by atoms with Gasteiger partial charge in [-0.2, -0.15) is 0 Å². The summed E-state index contributed by atoms with van der Waals surface area (Å²) in [5.41, 5.74) is 2.50. The van der Waals surface area contributed by atoms with Crippen molar-refractivity contribution in [3.8, 4) is 0 Å². The molecule has 2 nitrogen and oxygen atoms in total. The fourth-order valence-electron chi connectivity index (χ4n) is 2.86. The van der Waals surface area contributed by atoms with Gasteiger partial charge in [0.2, 0.25) is 0 Å². The van der Waals surface area contributed by atoms with Crippen LogP contribution in [0.2, 0.25) is 0 Å². The molecule has 1 saturated carbocycles. The molecule has 3 atom stereocenters. The van der Waals surface area contributed by atoms with Crippen LogP contribution in [0.3, 0.4) is 0 Å². The molecule has 1 fully saturated rings. The van der Waals surface area contributed by atoms with Crippen LogP contribution in [0.5, 0.6) is 0 Å². The SMILES string of the molecule is CCC1CCC(Nc2ccncc2C)C1C. The van der Waals surface area contributed by atoms with E-state index in [1.807, 2.05) is 12.4 Å². The lowest BCUT2D eigenvalue weighted by atomic mass is 9.93. The molecular weight excluding hydrogens is 196 g/mol. The maximum Gasteiger partial charge on any atom is 0.0403 e. The van der Waals surface area contributed by atoms with E-state index in [0.29, 0.717) is 6.04 Å². The highest BCUT2D eigenvalue weighted by Crippen LogP contribution is 2.35. The van der Waals surface area contributed by atoms with Crippen LogP contribution in [0.1, 0.15) is 38.7 Å². The Morgan fingerprint density at radius 2 is 2.25 bits per heavy atom. The number of hydrogen-bond donors (Lipinski definition) is 1. The molecule has 2 rings (SSSR count). The second-order valence-corrected chi connectivity index (χ2v) is 5.05. The zero-order chi connectivity index (χ0) is 11.5. The van der Waals surface area contributed by atoms with Crippen molar-refractivity contribution in [2.24, 2.45) is 11.8 Å². The van der Waals surface area contributed by atoms with Gasteiger partial charge in [-0.15, -0.1) is 0 Å². The van der Waals surface area contributed by atoms with Crippen LogP contribution < -0.4 is 5.32 Å². The van der Waals surface area contributed by atoms with E-state index in [4.69, 9.17) is 0 Å². The van der Waals surface area contributed by atoms with Gasteiger partial charge in [-0.05, 0) is 43.2 Å². The van der Waals surface area contributed by atoms with Crippen molar-refractivity contribution in [3.63, 3.8) is 0 Å². The van der Waals surface area contributed by atoms with Gasteiger partial charge in [-0.3, -0.25) is 4.98 Å². The summed E-state index contributed by atoms with van der Waals surface area (Å²) in [5, 5.41) is 3.68. The van der Waals surface area contributed by atoms with Gasteiger partial charge in [-0.25, -0.2) is 0 Å². The molecule has 1 aromatic heterocycles. The van der Waals surface area contributed by atoms with Gasteiger partial charge in [0.25, 0.3) is 0 Å². The summed E-state index contributed by atoms with van der Waals surface area (Å²) < 4.78 is 0. The number of rotatable bonds is 3. The van der Waals surface area contributed by atoms with Crippen molar-refractivity contribution < 1.29 is 0 Å². The number of pyridine rings is 1. The lowest BCUT2D eigenvalue weighted by Crippen LogP contribution is -2.25. The average molecular weight is 218 g/mol. The van der Waals surface area contributed by atoms with Crippen LogP contribution in [0.25, 0.3) is 0 Å². The molecule has 1 aliphatic rings. The Morgan fingerprint density at radius 3 is 2.88 bits per heavy atom. The Balaban J connectivity index is 2.04. The predicted octanol–water partition coefficient (Wildman–Crippen LogP) is 3.63. The van der Waals surface area contributed by atoms with Gasteiger partial charge in [-0.1, -0.05) is 20.3 Å². The molecule has 2 heteroatoms. The lowest BCUT2D eigenvalue weighted by Gasteiger charge is -2.22. The second-order valence-electron chi connectivity index (χ2n) is 5.05. The van der Waals surface area contributed by atoms with Gasteiger partial charge >= 0.3 is 0 Å². The third-order valence-electron chi connectivity index (χ3n) is 4.11. The molecule has 1 heterocycles. The van der Waals surface area contributed by atoms with Crippen molar-refractivity contribution in [3.05, 3.63) is 24.0 Å². The number of nitrogens with one attached hydrogen (secondary N) is 1. The largest absolute Gasteiger partial charge is 0.382 e. The van der Waals surface area contributed by atoms with Crippen LogP contribution >= 0.6 is 0 Å². The Labute approximate surface area is 98.5 Å². The molecule has 0 spiro atoms. The Kier molecular flexibility index (Phi) is 3.47. The first-order valence-corrected chi connectivity index (χ1v) is 6.39. The highest BCUT2D eigenvalue weighted by atomic mass is 14.9. The van der Waals surface area contributed by atoms with E-state index in [1.54, 1.807) is 0 Å². The van der Waals surface area contributed by atoms with E-state index >= 15 is 0 Å². The number of hydrogen-bond acceptors (Lipinski definition) is 2. The van der Waals surface area contributed by atoms with Crippen molar-refractivity contribution in [1.29, 1.82) is 0 Å². The Morgan fingerprint density at radius 1 is 1.44 bits per heavy atom. The van der Waals surface area contributed by atoms with Crippen molar-refractivity contribution in [2.75, 3.05) is 5.32 Å². The zero-order valence-corrected chi connectivity index (χ0v) is 10.5. The highest BCUT2D eigenvalue weighted by Gasteiger charge is 2.31. The van der Waals surface area contributed by atoms with Gasteiger partial charge in [0.15, 0.2) is 0 Å². The van der Waals surface area contributed by atoms with Crippen molar-refractivity contribution in [1.82, 2.24) is 4.98 Å². The van der Waals surface area contributed by atoms with Crippen LogP contribution in [0.4, 0.5) is 5.69 Å².